The maximum atomic E-state index is 6.12. The molecule has 0 saturated carbocycles. The first-order valence-corrected chi connectivity index (χ1v) is 7.66. The molecule has 3 aromatic rings. The van der Waals surface area contributed by atoms with Crippen LogP contribution in [-0.2, 0) is 0 Å². The summed E-state index contributed by atoms with van der Waals surface area (Å²) in [5.41, 5.74) is 7.98. The molecule has 0 aliphatic carbocycles. The molecule has 0 amide bonds. The second-order valence-corrected chi connectivity index (χ2v) is 5.70. The summed E-state index contributed by atoms with van der Waals surface area (Å²) in [5, 5.41) is 5.15. The van der Waals surface area contributed by atoms with Gasteiger partial charge in [0.1, 0.15) is 0 Å². The van der Waals surface area contributed by atoms with Crippen LogP contribution in [0.1, 0.15) is 18.1 Å². The van der Waals surface area contributed by atoms with Gasteiger partial charge in [0.05, 0.1) is 17.7 Å². The fourth-order valence-electron chi connectivity index (χ4n) is 2.16. The van der Waals surface area contributed by atoms with Crippen molar-refractivity contribution in [2.24, 2.45) is 5.10 Å². The minimum atomic E-state index is 0.729. The first-order valence-electron chi connectivity index (χ1n) is 7.29. The van der Waals surface area contributed by atoms with Gasteiger partial charge in [-0.3, -0.25) is 5.43 Å². The smallest absolute Gasteiger partial charge is 0.0991 e. The van der Waals surface area contributed by atoms with Crippen molar-refractivity contribution in [3.8, 4) is 5.69 Å². The van der Waals surface area contributed by atoms with E-state index in [-0.39, 0.29) is 0 Å². The van der Waals surface area contributed by atoms with Crippen molar-refractivity contribution in [2.45, 2.75) is 13.8 Å². The molecule has 3 rings (SSSR count). The largest absolute Gasteiger partial charge is 0.306 e. The number of hydrogen-bond acceptors (Lipinski definition) is 3. The quantitative estimate of drug-likeness (QED) is 0.559. The summed E-state index contributed by atoms with van der Waals surface area (Å²) < 4.78 is 1.96. The highest BCUT2D eigenvalue weighted by Crippen LogP contribution is 2.20. The Kier molecular flexibility index (Phi) is 4.44. The van der Waals surface area contributed by atoms with Crippen molar-refractivity contribution < 1.29 is 0 Å². The molecule has 0 unspecified atom stereocenters. The first-order chi connectivity index (χ1) is 11.1. The summed E-state index contributed by atoms with van der Waals surface area (Å²) in [7, 11) is 0. The Labute approximate surface area is 140 Å². The molecule has 0 bridgehead atoms. The molecule has 0 fully saturated rings. The number of nitrogens with zero attached hydrogens (tertiary/aromatic N) is 3. The minimum Gasteiger partial charge on any atom is -0.306 e. The molecule has 0 aliphatic rings. The van der Waals surface area contributed by atoms with Crippen molar-refractivity contribution in [1.82, 2.24) is 9.55 Å². The van der Waals surface area contributed by atoms with Crippen molar-refractivity contribution >= 4 is 23.0 Å². The second kappa shape index (κ2) is 6.67. The summed E-state index contributed by atoms with van der Waals surface area (Å²) in [4.78, 5) is 4.05. The van der Waals surface area contributed by atoms with E-state index in [0.717, 1.165) is 33.2 Å². The third kappa shape index (κ3) is 3.60. The van der Waals surface area contributed by atoms with Gasteiger partial charge in [-0.15, -0.1) is 0 Å². The van der Waals surface area contributed by atoms with Crippen LogP contribution >= 0.6 is 11.6 Å². The number of rotatable bonds is 4. The molecular formula is C18H17ClN4. The van der Waals surface area contributed by atoms with E-state index in [1.54, 1.807) is 12.5 Å². The molecule has 0 radical (unpaired) electrons. The molecule has 0 atom stereocenters. The standard InChI is InChI=1S/C18H17ClN4/c1-13-3-6-16(11-18(13)19)22-21-14(2)15-4-7-17(8-5-15)23-10-9-20-12-23/h3-12,22H,1-2H3/b21-14-. The summed E-state index contributed by atoms with van der Waals surface area (Å²) in [5.74, 6) is 0. The summed E-state index contributed by atoms with van der Waals surface area (Å²) in [6, 6.07) is 14.0. The molecule has 0 spiro atoms. The van der Waals surface area contributed by atoms with Crippen LogP contribution in [0.15, 0.2) is 66.3 Å². The Morgan fingerprint density at radius 2 is 1.96 bits per heavy atom. The van der Waals surface area contributed by atoms with E-state index < -0.39 is 0 Å². The Bertz CT molecular complexity index is 821. The molecule has 0 saturated heterocycles. The van der Waals surface area contributed by atoms with E-state index in [9.17, 15) is 0 Å². The van der Waals surface area contributed by atoms with Crippen LogP contribution in [0.5, 0.6) is 0 Å². The zero-order valence-corrected chi connectivity index (χ0v) is 13.7. The predicted octanol–water partition coefficient (Wildman–Crippen LogP) is 4.67. The van der Waals surface area contributed by atoms with E-state index in [1.807, 2.05) is 67.1 Å². The van der Waals surface area contributed by atoms with E-state index in [0.29, 0.717) is 0 Å². The maximum absolute atomic E-state index is 6.12. The molecule has 4 nitrogen and oxygen atoms in total. The SMILES string of the molecule is C/C(=N/Nc1ccc(C)c(Cl)c1)c1ccc(-n2ccnc2)cc1. The lowest BCUT2D eigenvalue weighted by Crippen LogP contribution is -2.00. The van der Waals surface area contributed by atoms with Gasteiger partial charge in [-0.25, -0.2) is 4.98 Å². The van der Waals surface area contributed by atoms with Gasteiger partial charge in [-0.1, -0.05) is 29.8 Å². The highest BCUT2D eigenvalue weighted by atomic mass is 35.5. The molecule has 116 valence electrons. The number of nitrogens with one attached hydrogen (secondary N) is 1. The fourth-order valence-corrected chi connectivity index (χ4v) is 2.34. The van der Waals surface area contributed by atoms with Crippen molar-refractivity contribution in [2.75, 3.05) is 5.43 Å². The number of aryl methyl sites for hydroxylation is 1. The summed E-state index contributed by atoms with van der Waals surface area (Å²) in [6.07, 6.45) is 5.45. The van der Waals surface area contributed by atoms with Crippen LogP contribution in [0.3, 0.4) is 0 Å². The monoisotopic (exact) mass is 324 g/mol. The van der Waals surface area contributed by atoms with Gasteiger partial charge < -0.3 is 4.57 Å². The number of hydrogen-bond donors (Lipinski definition) is 1. The van der Waals surface area contributed by atoms with E-state index in [4.69, 9.17) is 11.6 Å². The summed E-state index contributed by atoms with van der Waals surface area (Å²) >= 11 is 6.12. The van der Waals surface area contributed by atoms with Gasteiger partial charge in [0, 0.05) is 23.1 Å². The molecule has 2 aromatic carbocycles. The van der Waals surface area contributed by atoms with Crippen molar-refractivity contribution in [3.63, 3.8) is 0 Å². The Morgan fingerprint density at radius 3 is 2.61 bits per heavy atom. The van der Waals surface area contributed by atoms with Crippen LogP contribution in [0.2, 0.25) is 5.02 Å². The number of halogens is 1. The lowest BCUT2D eigenvalue weighted by molar-refractivity contribution is 1.06. The van der Waals surface area contributed by atoms with E-state index in [1.165, 1.54) is 0 Å². The summed E-state index contributed by atoms with van der Waals surface area (Å²) in [6.45, 7) is 3.94. The molecule has 1 N–H and O–H groups in total. The van der Waals surface area contributed by atoms with Crippen LogP contribution in [0.25, 0.3) is 5.69 Å². The topological polar surface area (TPSA) is 42.2 Å². The van der Waals surface area contributed by atoms with Gasteiger partial charge in [-0.2, -0.15) is 5.10 Å². The molecular weight excluding hydrogens is 308 g/mol. The third-order valence-corrected chi connectivity index (χ3v) is 4.02. The van der Waals surface area contributed by atoms with Gasteiger partial charge in [0.25, 0.3) is 0 Å². The minimum absolute atomic E-state index is 0.729. The number of imidazole rings is 1. The zero-order valence-electron chi connectivity index (χ0n) is 13.0. The fraction of sp³-hybridized carbons (Fsp3) is 0.111. The Hall–Kier alpha value is -2.59. The predicted molar refractivity (Wildman–Crippen MR) is 95.6 cm³/mol. The lowest BCUT2D eigenvalue weighted by Gasteiger charge is -2.07. The molecule has 23 heavy (non-hydrogen) atoms. The normalized spacial score (nSPS) is 11.5. The van der Waals surface area contributed by atoms with Crippen LogP contribution in [0.4, 0.5) is 5.69 Å². The van der Waals surface area contributed by atoms with Crippen LogP contribution in [-0.4, -0.2) is 15.3 Å². The second-order valence-electron chi connectivity index (χ2n) is 5.29. The molecule has 1 aromatic heterocycles. The lowest BCUT2D eigenvalue weighted by atomic mass is 10.1. The molecule has 0 aliphatic heterocycles. The van der Waals surface area contributed by atoms with Gasteiger partial charge in [-0.05, 0) is 49.2 Å². The van der Waals surface area contributed by atoms with Crippen LogP contribution < -0.4 is 5.43 Å². The van der Waals surface area contributed by atoms with E-state index in [2.05, 4.69) is 15.5 Å². The Morgan fingerprint density at radius 1 is 1.17 bits per heavy atom. The van der Waals surface area contributed by atoms with Gasteiger partial charge in [0.15, 0.2) is 0 Å². The third-order valence-electron chi connectivity index (χ3n) is 3.61. The maximum Gasteiger partial charge on any atom is 0.0991 e. The molecule has 5 heteroatoms. The average Bonchev–Trinajstić information content (AvgIpc) is 3.10. The van der Waals surface area contributed by atoms with Gasteiger partial charge >= 0.3 is 0 Å². The van der Waals surface area contributed by atoms with Crippen LogP contribution in [0, 0.1) is 6.92 Å². The highest BCUT2D eigenvalue weighted by molar-refractivity contribution is 6.31. The van der Waals surface area contributed by atoms with E-state index >= 15 is 0 Å². The first kappa shape index (κ1) is 15.3. The number of aromatic nitrogens is 2. The molecule has 1 heterocycles. The average molecular weight is 325 g/mol. The van der Waals surface area contributed by atoms with Gasteiger partial charge in [0.2, 0.25) is 0 Å². The number of hydrazone groups is 1. The van der Waals surface area contributed by atoms with Crippen molar-refractivity contribution in [1.29, 1.82) is 0 Å². The zero-order chi connectivity index (χ0) is 16.2. The highest BCUT2D eigenvalue weighted by Gasteiger charge is 2.01. The number of benzene rings is 2. The van der Waals surface area contributed by atoms with Crippen molar-refractivity contribution in [3.05, 3.63) is 77.3 Å². The number of anilines is 1. The Balaban J connectivity index is 1.74.